The van der Waals surface area contributed by atoms with Crippen LogP contribution in [-0.2, 0) is 6.54 Å². The number of carbonyl (C=O) groups is 1. The zero-order chi connectivity index (χ0) is 21.2. The molecule has 1 N–H and O–H groups in total. The highest BCUT2D eigenvalue weighted by atomic mass is 32.1. The Kier molecular flexibility index (Phi) is 5.38. The van der Waals surface area contributed by atoms with Crippen molar-refractivity contribution in [1.82, 2.24) is 24.5 Å². The molecule has 0 bridgehead atoms. The van der Waals surface area contributed by atoms with Crippen molar-refractivity contribution < 1.29 is 4.79 Å². The number of anilines is 1. The fourth-order valence-corrected chi connectivity index (χ4v) is 4.56. The highest BCUT2D eigenvalue weighted by Gasteiger charge is 2.29. The van der Waals surface area contributed by atoms with Crippen molar-refractivity contribution in [2.24, 2.45) is 0 Å². The van der Waals surface area contributed by atoms with Gasteiger partial charge in [0.05, 0.1) is 16.9 Å². The number of nitrogens with zero attached hydrogens (tertiary/aromatic N) is 5. The molecule has 1 amide bonds. The van der Waals surface area contributed by atoms with E-state index >= 15 is 0 Å². The topological polar surface area (TPSA) is 75.4 Å². The third-order valence-corrected chi connectivity index (χ3v) is 6.37. The van der Waals surface area contributed by atoms with E-state index in [2.05, 4.69) is 22.4 Å². The Hall–Kier alpha value is -3.26. The number of pyridine rings is 1. The number of piperidine rings is 1. The van der Waals surface area contributed by atoms with Crippen LogP contribution >= 0.6 is 11.3 Å². The summed E-state index contributed by atoms with van der Waals surface area (Å²) in [6, 6.07) is 14.3. The van der Waals surface area contributed by atoms with Crippen molar-refractivity contribution in [3.8, 4) is 0 Å². The van der Waals surface area contributed by atoms with E-state index in [-0.39, 0.29) is 11.8 Å². The molecule has 4 heterocycles. The Bertz CT molecular complexity index is 1200. The Morgan fingerprint density at radius 1 is 1.19 bits per heavy atom. The van der Waals surface area contributed by atoms with Gasteiger partial charge in [0.25, 0.3) is 5.91 Å². The van der Waals surface area contributed by atoms with Crippen molar-refractivity contribution in [3.63, 3.8) is 0 Å². The number of hydrogen-bond acceptors (Lipinski definition) is 6. The van der Waals surface area contributed by atoms with Gasteiger partial charge in [0.2, 0.25) is 0 Å². The van der Waals surface area contributed by atoms with E-state index in [0.717, 1.165) is 48.1 Å². The molecule has 1 aliphatic heterocycles. The highest BCUT2D eigenvalue weighted by molar-refractivity contribution is 7.09. The standard InChI is InChI=1S/C23H24N6OS/c1-16-25-20(15-31-16)23(30)28-11-5-8-18(13-28)22-26-21-10-9-19(14-29(21)27-22)24-12-17-6-3-2-4-7-17/h2-4,6-7,9-10,14-15,18,24H,5,8,11-13H2,1H3. The van der Waals surface area contributed by atoms with Crippen LogP contribution in [0.5, 0.6) is 0 Å². The molecule has 1 aliphatic rings. The lowest BCUT2D eigenvalue weighted by Crippen LogP contribution is -2.39. The fraction of sp³-hybridized carbons (Fsp3) is 0.304. The van der Waals surface area contributed by atoms with Crippen LogP contribution in [0.1, 0.15) is 45.6 Å². The van der Waals surface area contributed by atoms with E-state index in [1.165, 1.54) is 16.9 Å². The van der Waals surface area contributed by atoms with E-state index < -0.39 is 0 Å². The van der Waals surface area contributed by atoms with E-state index in [4.69, 9.17) is 10.1 Å². The molecular weight excluding hydrogens is 408 g/mol. The van der Waals surface area contributed by atoms with Crippen LogP contribution in [0.4, 0.5) is 5.69 Å². The van der Waals surface area contributed by atoms with Gasteiger partial charge in [0, 0.05) is 30.9 Å². The van der Waals surface area contributed by atoms with Crippen LogP contribution < -0.4 is 5.32 Å². The number of benzene rings is 1. The molecule has 158 valence electrons. The Balaban J connectivity index is 1.29. The number of fused-ring (bicyclic) bond motifs is 1. The van der Waals surface area contributed by atoms with Gasteiger partial charge in [0.15, 0.2) is 11.5 Å². The monoisotopic (exact) mass is 432 g/mol. The zero-order valence-electron chi connectivity index (χ0n) is 17.4. The molecule has 0 saturated carbocycles. The van der Waals surface area contributed by atoms with Crippen LogP contribution in [0.3, 0.4) is 0 Å². The predicted octanol–water partition coefficient (Wildman–Crippen LogP) is 4.13. The van der Waals surface area contributed by atoms with Gasteiger partial charge in [-0.1, -0.05) is 30.3 Å². The van der Waals surface area contributed by atoms with Crippen molar-refractivity contribution in [2.75, 3.05) is 18.4 Å². The highest BCUT2D eigenvalue weighted by Crippen LogP contribution is 2.26. The van der Waals surface area contributed by atoms with Gasteiger partial charge in [-0.05, 0) is 37.5 Å². The third-order valence-electron chi connectivity index (χ3n) is 5.60. The van der Waals surface area contributed by atoms with E-state index in [0.29, 0.717) is 12.2 Å². The first-order valence-electron chi connectivity index (χ1n) is 10.5. The third kappa shape index (κ3) is 4.29. The number of rotatable bonds is 5. The minimum absolute atomic E-state index is 0.00483. The van der Waals surface area contributed by atoms with Gasteiger partial charge in [-0.2, -0.15) is 5.10 Å². The van der Waals surface area contributed by atoms with Crippen LogP contribution in [0, 0.1) is 6.92 Å². The number of carbonyl (C=O) groups excluding carboxylic acids is 1. The van der Waals surface area contributed by atoms with E-state index in [9.17, 15) is 4.79 Å². The molecule has 1 aromatic carbocycles. The van der Waals surface area contributed by atoms with Gasteiger partial charge in [-0.3, -0.25) is 4.79 Å². The van der Waals surface area contributed by atoms with Crippen molar-refractivity contribution in [2.45, 2.75) is 32.2 Å². The second-order valence-electron chi connectivity index (χ2n) is 7.87. The van der Waals surface area contributed by atoms with Crippen LogP contribution in [0.25, 0.3) is 5.65 Å². The summed E-state index contributed by atoms with van der Waals surface area (Å²) < 4.78 is 1.83. The number of thiazole rings is 1. The lowest BCUT2D eigenvalue weighted by molar-refractivity contribution is 0.0699. The molecule has 31 heavy (non-hydrogen) atoms. The molecule has 7 nitrogen and oxygen atoms in total. The maximum absolute atomic E-state index is 12.8. The van der Waals surface area contributed by atoms with Gasteiger partial charge >= 0.3 is 0 Å². The molecule has 1 fully saturated rings. The Morgan fingerprint density at radius 3 is 2.87 bits per heavy atom. The van der Waals surface area contributed by atoms with E-state index in [1.807, 2.05) is 58.2 Å². The number of aromatic nitrogens is 4. The largest absolute Gasteiger partial charge is 0.380 e. The molecule has 1 atom stereocenters. The molecule has 4 aromatic rings. The second kappa shape index (κ2) is 8.47. The average molecular weight is 433 g/mol. The summed E-state index contributed by atoms with van der Waals surface area (Å²) in [6.07, 6.45) is 3.90. The molecule has 0 radical (unpaired) electrons. The van der Waals surface area contributed by atoms with Crippen LogP contribution in [0.15, 0.2) is 54.0 Å². The van der Waals surface area contributed by atoms with Crippen LogP contribution in [0.2, 0.25) is 0 Å². The molecule has 8 heteroatoms. The summed E-state index contributed by atoms with van der Waals surface area (Å²) in [5.74, 6) is 0.940. The van der Waals surface area contributed by atoms with E-state index in [1.54, 1.807) is 0 Å². The van der Waals surface area contributed by atoms with Crippen molar-refractivity contribution in [1.29, 1.82) is 0 Å². The van der Waals surface area contributed by atoms with Gasteiger partial charge in [-0.15, -0.1) is 11.3 Å². The zero-order valence-corrected chi connectivity index (χ0v) is 18.2. The number of aryl methyl sites for hydroxylation is 1. The fourth-order valence-electron chi connectivity index (χ4n) is 3.97. The number of likely N-dealkylation sites (tertiary alicyclic amines) is 1. The first-order valence-corrected chi connectivity index (χ1v) is 11.4. The van der Waals surface area contributed by atoms with Gasteiger partial charge in [-0.25, -0.2) is 14.5 Å². The lowest BCUT2D eigenvalue weighted by Gasteiger charge is -2.30. The molecule has 3 aromatic heterocycles. The van der Waals surface area contributed by atoms with Gasteiger partial charge in [0.1, 0.15) is 5.69 Å². The molecule has 0 aliphatic carbocycles. The lowest BCUT2D eigenvalue weighted by atomic mass is 9.97. The molecule has 1 saturated heterocycles. The smallest absolute Gasteiger partial charge is 0.273 e. The van der Waals surface area contributed by atoms with Gasteiger partial charge < -0.3 is 10.2 Å². The minimum Gasteiger partial charge on any atom is -0.380 e. The number of hydrogen-bond donors (Lipinski definition) is 1. The Labute approximate surface area is 184 Å². The number of nitrogens with one attached hydrogen (secondary N) is 1. The second-order valence-corrected chi connectivity index (χ2v) is 8.93. The SMILES string of the molecule is Cc1nc(C(=O)N2CCCC(c3nc4ccc(NCc5ccccc5)cn4n3)C2)cs1. The molecular formula is C23H24N6OS. The summed E-state index contributed by atoms with van der Waals surface area (Å²) in [5.41, 5.74) is 3.58. The molecule has 0 spiro atoms. The maximum atomic E-state index is 12.8. The average Bonchev–Trinajstić information content (AvgIpc) is 3.44. The molecule has 5 rings (SSSR count). The summed E-state index contributed by atoms with van der Waals surface area (Å²) in [6.45, 7) is 4.06. The van der Waals surface area contributed by atoms with Crippen molar-refractivity contribution in [3.05, 3.63) is 76.1 Å². The quantitative estimate of drug-likeness (QED) is 0.513. The Morgan fingerprint density at radius 2 is 2.06 bits per heavy atom. The van der Waals surface area contributed by atoms with Crippen LogP contribution in [-0.4, -0.2) is 43.5 Å². The summed E-state index contributed by atoms with van der Waals surface area (Å²) in [5, 5.41) is 10.9. The first kappa shape index (κ1) is 19.7. The maximum Gasteiger partial charge on any atom is 0.273 e. The predicted molar refractivity (Wildman–Crippen MR) is 121 cm³/mol. The minimum atomic E-state index is 0.00483. The first-order chi connectivity index (χ1) is 15.2. The normalized spacial score (nSPS) is 16.5. The molecule has 1 unspecified atom stereocenters. The summed E-state index contributed by atoms with van der Waals surface area (Å²) in [7, 11) is 0. The number of amides is 1. The summed E-state index contributed by atoms with van der Waals surface area (Å²) in [4.78, 5) is 23.8. The van der Waals surface area contributed by atoms with Crippen molar-refractivity contribution >= 4 is 28.6 Å². The summed E-state index contributed by atoms with van der Waals surface area (Å²) >= 11 is 1.51.